The van der Waals surface area contributed by atoms with E-state index in [1.807, 2.05) is 6.07 Å². The minimum atomic E-state index is 0.967. The molecule has 0 spiro atoms. The van der Waals surface area contributed by atoms with Crippen LogP contribution in [0.15, 0.2) is 18.2 Å². The van der Waals surface area contributed by atoms with Crippen LogP contribution >= 0.6 is 0 Å². The first-order valence-corrected chi connectivity index (χ1v) is 5.67. The van der Waals surface area contributed by atoms with Gasteiger partial charge in [-0.2, -0.15) is 0 Å². The summed E-state index contributed by atoms with van der Waals surface area (Å²) in [6, 6.07) is 6.28. The first-order chi connectivity index (χ1) is 7.83. The fraction of sp³-hybridized carbons (Fsp3) is 0.385. The molecule has 0 amide bonds. The van der Waals surface area contributed by atoms with E-state index in [0.29, 0.717) is 0 Å². The van der Waals surface area contributed by atoms with Gasteiger partial charge in [0.15, 0.2) is 0 Å². The van der Waals surface area contributed by atoms with Gasteiger partial charge in [-0.1, -0.05) is 12.1 Å². The molecule has 3 nitrogen and oxygen atoms in total. The second-order valence-electron chi connectivity index (χ2n) is 4.27. The number of aromatic nitrogens is 1. The van der Waals surface area contributed by atoms with Gasteiger partial charge in [0.05, 0.1) is 12.6 Å². The molecule has 0 atom stereocenters. The molecule has 3 heteroatoms. The highest BCUT2D eigenvalue weighted by molar-refractivity contribution is 5.90. The highest BCUT2D eigenvalue weighted by atomic mass is 16.5. The summed E-state index contributed by atoms with van der Waals surface area (Å²) < 4.78 is 7.73. The van der Waals surface area contributed by atoms with Crippen molar-refractivity contribution in [1.82, 2.24) is 9.88 Å². The lowest BCUT2D eigenvalue weighted by Crippen LogP contribution is -2.24. The highest BCUT2D eigenvalue weighted by Gasteiger charge is 2.19. The molecule has 2 aromatic rings. The maximum absolute atomic E-state index is 5.44. The third-order valence-corrected chi connectivity index (χ3v) is 3.47. The van der Waals surface area contributed by atoms with E-state index in [9.17, 15) is 0 Å². The molecule has 0 bridgehead atoms. The molecule has 0 fully saturated rings. The number of rotatable bonds is 1. The summed E-state index contributed by atoms with van der Waals surface area (Å²) in [5.41, 5.74) is 4.10. The average Bonchev–Trinajstić information content (AvgIpc) is 2.64. The van der Waals surface area contributed by atoms with E-state index in [0.717, 1.165) is 25.3 Å². The van der Waals surface area contributed by atoms with Crippen molar-refractivity contribution in [1.29, 1.82) is 0 Å². The molecule has 3 rings (SSSR count). The highest BCUT2D eigenvalue weighted by Crippen LogP contribution is 2.33. The van der Waals surface area contributed by atoms with Crippen molar-refractivity contribution in [2.24, 2.45) is 7.05 Å². The Morgan fingerprint density at radius 2 is 2.25 bits per heavy atom. The molecule has 1 aliphatic rings. The van der Waals surface area contributed by atoms with E-state index in [-0.39, 0.29) is 0 Å². The third kappa shape index (κ3) is 1.18. The SMILES string of the molecule is COc1cccc2c3c(n(C)c12)CCNC3. The maximum atomic E-state index is 5.44. The standard InChI is InChI=1S/C13H16N2O/c1-15-11-6-7-14-8-10(11)9-4-3-5-12(16-2)13(9)15/h3-5,14H,6-8H2,1-2H3. The number of para-hydroxylation sites is 1. The van der Waals surface area contributed by atoms with Gasteiger partial charge in [-0.25, -0.2) is 0 Å². The van der Waals surface area contributed by atoms with E-state index in [4.69, 9.17) is 4.74 Å². The second kappa shape index (κ2) is 3.52. The Labute approximate surface area is 95.0 Å². The topological polar surface area (TPSA) is 26.2 Å². The zero-order valence-electron chi connectivity index (χ0n) is 9.71. The van der Waals surface area contributed by atoms with E-state index in [1.165, 1.54) is 22.2 Å². The first kappa shape index (κ1) is 9.73. The lowest BCUT2D eigenvalue weighted by atomic mass is 10.1. The molecule has 1 aromatic carbocycles. The summed E-state index contributed by atoms with van der Waals surface area (Å²) in [6.07, 6.45) is 1.10. The summed E-state index contributed by atoms with van der Waals surface area (Å²) in [7, 11) is 3.87. The van der Waals surface area contributed by atoms with Crippen LogP contribution in [0.5, 0.6) is 5.75 Å². The monoisotopic (exact) mass is 216 g/mol. The van der Waals surface area contributed by atoms with Crippen LogP contribution in [0, 0.1) is 0 Å². The maximum Gasteiger partial charge on any atom is 0.143 e. The second-order valence-corrected chi connectivity index (χ2v) is 4.27. The van der Waals surface area contributed by atoms with Crippen molar-refractivity contribution in [2.75, 3.05) is 13.7 Å². The Morgan fingerprint density at radius 3 is 3.06 bits per heavy atom. The molecular weight excluding hydrogens is 200 g/mol. The summed E-state index contributed by atoms with van der Waals surface area (Å²) >= 11 is 0. The van der Waals surface area contributed by atoms with Crippen LogP contribution in [0.25, 0.3) is 10.9 Å². The van der Waals surface area contributed by atoms with Gasteiger partial charge < -0.3 is 14.6 Å². The fourth-order valence-corrected chi connectivity index (χ4v) is 2.71. The van der Waals surface area contributed by atoms with Gasteiger partial charge in [0.25, 0.3) is 0 Å². The Morgan fingerprint density at radius 1 is 1.38 bits per heavy atom. The number of hydrogen-bond acceptors (Lipinski definition) is 2. The smallest absolute Gasteiger partial charge is 0.143 e. The van der Waals surface area contributed by atoms with Gasteiger partial charge in [-0.05, 0) is 11.6 Å². The summed E-state index contributed by atoms with van der Waals surface area (Å²) in [5.74, 6) is 0.967. The van der Waals surface area contributed by atoms with Crippen LogP contribution in [0.4, 0.5) is 0 Å². The number of benzene rings is 1. The van der Waals surface area contributed by atoms with Crippen LogP contribution in [0.1, 0.15) is 11.3 Å². The van der Waals surface area contributed by atoms with Crippen molar-refractivity contribution in [3.63, 3.8) is 0 Å². The zero-order valence-corrected chi connectivity index (χ0v) is 9.71. The van der Waals surface area contributed by atoms with Gasteiger partial charge in [0.2, 0.25) is 0 Å². The zero-order chi connectivity index (χ0) is 11.1. The normalized spacial score (nSPS) is 15.1. The molecule has 1 aromatic heterocycles. The van der Waals surface area contributed by atoms with E-state index < -0.39 is 0 Å². The van der Waals surface area contributed by atoms with Crippen LogP contribution in [-0.4, -0.2) is 18.2 Å². The molecule has 0 saturated carbocycles. The molecule has 16 heavy (non-hydrogen) atoms. The Bertz CT molecular complexity index is 542. The average molecular weight is 216 g/mol. The molecular formula is C13H16N2O. The predicted octanol–water partition coefficient (Wildman–Crippen LogP) is 1.83. The van der Waals surface area contributed by atoms with E-state index >= 15 is 0 Å². The molecule has 2 heterocycles. The lowest BCUT2D eigenvalue weighted by Gasteiger charge is -2.14. The van der Waals surface area contributed by atoms with E-state index in [1.54, 1.807) is 7.11 Å². The number of methoxy groups -OCH3 is 1. The van der Waals surface area contributed by atoms with Gasteiger partial charge in [0, 0.05) is 37.6 Å². The molecule has 0 unspecified atom stereocenters. The molecule has 1 N–H and O–H groups in total. The number of hydrogen-bond donors (Lipinski definition) is 1. The number of aryl methyl sites for hydroxylation is 1. The van der Waals surface area contributed by atoms with Crippen molar-refractivity contribution in [3.05, 3.63) is 29.5 Å². The third-order valence-electron chi connectivity index (χ3n) is 3.47. The minimum absolute atomic E-state index is 0.967. The fourth-order valence-electron chi connectivity index (χ4n) is 2.71. The molecule has 84 valence electrons. The molecule has 0 saturated heterocycles. The van der Waals surface area contributed by atoms with Crippen LogP contribution in [0.2, 0.25) is 0 Å². The summed E-state index contributed by atoms with van der Waals surface area (Å²) in [4.78, 5) is 0. The number of ether oxygens (including phenoxy) is 1. The molecule has 0 radical (unpaired) electrons. The Hall–Kier alpha value is -1.48. The van der Waals surface area contributed by atoms with Crippen molar-refractivity contribution in [3.8, 4) is 5.75 Å². The first-order valence-electron chi connectivity index (χ1n) is 5.67. The summed E-state index contributed by atoms with van der Waals surface area (Å²) in [5, 5.41) is 4.75. The van der Waals surface area contributed by atoms with Crippen molar-refractivity contribution < 1.29 is 4.74 Å². The summed E-state index contributed by atoms with van der Waals surface area (Å²) in [6.45, 7) is 2.04. The van der Waals surface area contributed by atoms with Crippen LogP contribution < -0.4 is 10.1 Å². The van der Waals surface area contributed by atoms with Crippen molar-refractivity contribution >= 4 is 10.9 Å². The van der Waals surface area contributed by atoms with Gasteiger partial charge >= 0.3 is 0 Å². The van der Waals surface area contributed by atoms with Crippen LogP contribution in [0.3, 0.4) is 0 Å². The van der Waals surface area contributed by atoms with Crippen molar-refractivity contribution in [2.45, 2.75) is 13.0 Å². The van der Waals surface area contributed by atoms with Gasteiger partial charge in [-0.3, -0.25) is 0 Å². The molecule has 0 aliphatic carbocycles. The lowest BCUT2D eigenvalue weighted by molar-refractivity contribution is 0.417. The number of fused-ring (bicyclic) bond motifs is 3. The quantitative estimate of drug-likeness (QED) is 0.787. The predicted molar refractivity (Wildman–Crippen MR) is 64.9 cm³/mol. The minimum Gasteiger partial charge on any atom is -0.495 e. The Kier molecular flexibility index (Phi) is 2.14. The van der Waals surface area contributed by atoms with Gasteiger partial charge in [0.1, 0.15) is 5.75 Å². The molecule has 1 aliphatic heterocycles. The number of nitrogens with one attached hydrogen (secondary N) is 1. The van der Waals surface area contributed by atoms with E-state index in [2.05, 4.69) is 29.1 Å². The number of nitrogens with zero attached hydrogens (tertiary/aromatic N) is 1. The Balaban J connectivity index is 2.39. The largest absolute Gasteiger partial charge is 0.495 e. The van der Waals surface area contributed by atoms with Crippen LogP contribution in [-0.2, 0) is 20.0 Å². The van der Waals surface area contributed by atoms with Gasteiger partial charge in [-0.15, -0.1) is 0 Å².